The Morgan fingerprint density at radius 3 is 2.53 bits per heavy atom. The molecule has 0 saturated heterocycles. The Labute approximate surface area is 92.6 Å². The van der Waals surface area contributed by atoms with Crippen molar-refractivity contribution in [3.8, 4) is 0 Å². The minimum absolute atomic E-state index is 0.0787. The van der Waals surface area contributed by atoms with Crippen LogP contribution < -0.4 is 11.1 Å². The first-order valence-corrected chi connectivity index (χ1v) is 5.65. The number of amides is 1. The van der Waals surface area contributed by atoms with Gasteiger partial charge in [0.05, 0.1) is 6.61 Å². The third-order valence-electron chi connectivity index (χ3n) is 2.44. The first-order chi connectivity index (χ1) is 7.09. The summed E-state index contributed by atoms with van der Waals surface area (Å²) < 4.78 is 5.20. The van der Waals surface area contributed by atoms with Gasteiger partial charge in [0.15, 0.2) is 0 Å². The predicted octanol–water partition coefficient (Wildman–Crippen LogP) is 0.760. The van der Waals surface area contributed by atoms with Crippen LogP contribution in [0.15, 0.2) is 0 Å². The maximum Gasteiger partial charge on any atom is 0.223 e. The summed E-state index contributed by atoms with van der Waals surface area (Å²) in [6.07, 6.45) is 0.844. The number of rotatable bonds is 8. The Balaban J connectivity index is 3.39. The van der Waals surface area contributed by atoms with E-state index in [-0.39, 0.29) is 11.8 Å². The number of carbonyl (C=O) groups excluding carboxylic acids is 1. The maximum atomic E-state index is 11.5. The molecule has 0 heterocycles. The van der Waals surface area contributed by atoms with Crippen LogP contribution in [0.4, 0.5) is 0 Å². The van der Waals surface area contributed by atoms with E-state index < -0.39 is 0 Å². The van der Waals surface area contributed by atoms with Gasteiger partial charge < -0.3 is 15.8 Å². The summed E-state index contributed by atoms with van der Waals surface area (Å²) >= 11 is 0. The van der Waals surface area contributed by atoms with Crippen LogP contribution in [0.2, 0.25) is 0 Å². The molecule has 1 atom stereocenters. The molecule has 0 aromatic heterocycles. The standard InChI is InChI=1S/C11H24N2O2/c1-9(2)10(3)11(14)13-6-4-7-15-8-5-12/h9-10H,4-8,12H2,1-3H3,(H,13,14). The maximum absolute atomic E-state index is 11.5. The Bertz CT molecular complexity index is 172. The lowest BCUT2D eigenvalue weighted by atomic mass is 9.97. The summed E-state index contributed by atoms with van der Waals surface area (Å²) in [4.78, 5) is 11.5. The van der Waals surface area contributed by atoms with E-state index >= 15 is 0 Å². The van der Waals surface area contributed by atoms with Gasteiger partial charge >= 0.3 is 0 Å². The number of hydrogen-bond acceptors (Lipinski definition) is 3. The average Bonchev–Trinajstić information content (AvgIpc) is 2.21. The molecule has 0 bridgehead atoms. The van der Waals surface area contributed by atoms with E-state index in [1.807, 2.05) is 6.92 Å². The smallest absolute Gasteiger partial charge is 0.223 e. The zero-order valence-electron chi connectivity index (χ0n) is 10.1. The van der Waals surface area contributed by atoms with E-state index in [2.05, 4.69) is 19.2 Å². The fraction of sp³-hybridized carbons (Fsp3) is 0.909. The molecule has 0 rings (SSSR count). The highest BCUT2D eigenvalue weighted by Crippen LogP contribution is 2.08. The van der Waals surface area contributed by atoms with E-state index in [0.29, 0.717) is 32.2 Å². The van der Waals surface area contributed by atoms with Gasteiger partial charge in [-0.3, -0.25) is 4.79 Å². The van der Waals surface area contributed by atoms with Crippen LogP contribution in [0.1, 0.15) is 27.2 Å². The lowest BCUT2D eigenvalue weighted by molar-refractivity contribution is -0.125. The van der Waals surface area contributed by atoms with Crippen molar-refractivity contribution in [2.24, 2.45) is 17.6 Å². The second-order valence-electron chi connectivity index (χ2n) is 4.08. The molecule has 0 radical (unpaired) electrons. The van der Waals surface area contributed by atoms with Gasteiger partial charge in [0, 0.05) is 25.6 Å². The molecule has 0 aliphatic heterocycles. The van der Waals surface area contributed by atoms with Crippen molar-refractivity contribution in [3.63, 3.8) is 0 Å². The van der Waals surface area contributed by atoms with Crippen molar-refractivity contribution in [1.82, 2.24) is 5.32 Å². The Morgan fingerprint density at radius 2 is 2.00 bits per heavy atom. The largest absolute Gasteiger partial charge is 0.380 e. The molecular formula is C11H24N2O2. The van der Waals surface area contributed by atoms with E-state index in [0.717, 1.165) is 6.42 Å². The van der Waals surface area contributed by atoms with E-state index in [4.69, 9.17) is 10.5 Å². The molecule has 0 saturated carbocycles. The van der Waals surface area contributed by atoms with Crippen LogP contribution in [0.25, 0.3) is 0 Å². The number of nitrogens with one attached hydrogen (secondary N) is 1. The molecule has 1 unspecified atom stereocenters. The molecule has 90 valence electrons. The van der Waals surface area contributed by atoms with Gasteiger partial charge in [-0.2, -0.15) is 0 Å². The van der Waals surface area contributed by atoms with Crippen LogP contribution in [0.3, 0.4) is 0 Å². The minimum Gasteiger partial charge on any atom is -0.380 e. The molecule has 1 amide bonds. The zero-order valence-corrected chi connectivity index (χ0v) is 10.1. The van der Waals surface area contributed by atoms with Crippen molar-refractivity contribution in [1.29, 1.82) is 0 Å². The number of hydrogen-bond donors (Lipinski definition) is 2. The molecule has 0 fully saturated rings. The molecule has 3 N–H and O–H groups in total. The summed E-state index contributed by atoms with van der Waals surface area (Å²) in [5.74, 6) is 0.595. The SMILES string of the molecule is CC(C)C(C)C(=O)NCCCOCCN. The van der Waals surface area contributed by atoms with Crippen molar-refractivity contribution in [2.75, 3.05) is 26.3 Å². The van der Waals surface area contributed by atoms with Crippen LogP contribution in [-0.2, 0) is 9.53 Å². The quantitative estimate of drug-likeness (QED) is 0.589. The summed E-state index contributed by atoms with van der Waals surface area (Å²) in [7, 11) is 0. The normalized spacial score (nSPS) is 12.9. The molecule has 0 aromatic rings. The van der Waals surface area contributed by atoms with Gasteiger partial charge in [-0.25, -0.2) is 0 Å². The average molecular weight is 216 g/mol. The van der Waals surface area contributed by atoms with Crippen LogP contribution in [0, 0.1) is 11.8 Å². The van der Waals surface area contributed by atoms with Gasteiger partial charge in [0.1, 0.15) is 0 Å². The Morgan fingerprint density at radius 1 is 1.33 bits per heavy atom. The summed E-state index contributed by atoms with van der Waals surface area (Å²) in [6.45, 7) is 8.54. The lowest BCUT2D eigenvalue weighted by Crippen LogP contribution is -2.32. The van der Waals surface area contributed by atoms with Gasteiger partial charge in [-0.1, -0.05) is 20.8 Å². The second-order valence-corrected chi connectivity index (χ2v) is 4.08. The highest BCUT2D eigenvalue weighted by molar-refractivity contribution is 5.78. The predicted molar refractivity (Wildman–Crippen MR) is 61.5 cm³/mol. The molecule has 4 heteroatoms. The Hall–Kier alpha value is -0.610. The van der Waals surface area contributed by atoms with Crippen LogP contribution in [-0.4, -0.2) is 32.2 Å². The highest BCUT2D eigenvalue weighted by Gasteiger charge is 2.15. The molecule has 15 heavy (non-hydrogen) atoms. The lowest BCUT2D eigenvalue weighted by Gasteiger charge is -2.15. The monoisotopic (exact) mass is 216 g/mol. The summed E-state index contributed by atoms with van der Waals surface area (Å²) in [5, 5.41) is 2.89. The number of ether oxygens (including phenoxy) is 1. The highest BCUT2D eigenvalue weighted by atomic mass is 16.5. The third kappa shape index (κ3) is 7.33. The fourth-order valence-corrected chi connectivity index (χ4v) is 1.03. The van der Waals surface area contributed by atoms with Gasteiger partial charge in [-0.05, 0) is 12.3 Å². The van der Waals surface area contributed by atoms with Crippen molar-refractivity contribution in [2.45, 2.75) is 27.2 Å². The van der Waals surface area contributed by atoms with Gasteiger partial charge in [0.2, 0.25) is 5.91 Å². The molecular weight excluding hydrogens is 192 g/mol. The van der Waals surface area contributed by atoms with E-state index in [9.17, 15) is 4.79 Å². The van der Waals surface area contributed by atoms with Gasteiger partial charge in [0.25, 0.3) is 0 Å². The first-order valence-electron chi connectivity index (χ1n) is 5.65. The number of nitrogens with two attached hydrogens (primary N) is 1. The van der Waals surface area contributed by atoms with Crippen molar-refractivity contribution < 1.29 is 9.53 Å². The first kappa shape index (κ1) is 14.4. The van der Waals surface area contributed by atoms with E-state index in [1.165, 1.54) is 0 Å². The summed E-state index contributed by atoms with van der Waals surface area (Å²) in [6, 6.07) is 0. The van der Waals surface area contributed by atoms with Crippen LogP contribution >= 0.6 is 0 Å². The Kier molecular flexibility index (Phi) is 8.33. The molecule has 4 nitrogen and oxygen atoms in total. The van der Waals surface area contributed by atoms with E-state index in [1.54, 1.807) is 0 Å². The molecule has 0 aliphatic rings. The molecule has 0 aromatic carbocycles. The summed E-state index contributed by atoms with van der Waals surface area (Å²) in [5.41, 5.74) is 5.27. The topological polar surface area (TPSA) is 64.3 Å². The van der Waals surface area contributed by atoms with Gasteiger partial charge in [-0.15, -0.1) is 0 Å². The second kappa shape index (κ2) is 8.68. The zero-order chi connectivity index (χ0) is 11.7. The van der Waals surface area contributed by atoms with Crippen molar-refractivity contribution in [3.05, 3.63) is 0 Å². The molecule has 0 aliphatic carbocycles. The van der Waals surface area contributed by atoms with Crippen molar-refractivity contribution >= 4 is 5.91 Å². The number of carbonyl (C=O) groups is 1. The van der Waals surface area contributed by atoms with Crippen LogP contribution in [0.5, 0.6) is 0 Å². The minimum atomic E-state index is 0.0787. The fourth-order valence-electron chi connectivity index (χ4n) is 1.03. The third-order valence-corrected chi connectivity index (χ3v) is 2.44. The molecule has 0 spiro atoms.